The molecule has 18 heavy (non-hydrogen) atoms. The van der Waals surface area contributed by atoms with Crippen molar-refractivity contribution in [1.82, 2.24) is 0 Å². The molecule has 0 aromatic heterocycles. The number of anilines is 2. The van der Waals surface area contributed by atoms with E-state index in [0.29, 0.717) is 5.75 Å². The van der Waals surface area contributed by atoms with E-state index < -0.39 is 0 Å². The normalized spacial score (nSPS) is 9.94. The van der Waals surface area contributed by atoms with Gasteiger partial charge in [-0.3, -0.25) is 0 Å². The minimum atomic E-state index is -0.266. The van der Waals surface area contributed by atoms with E-state index in [0.717, 1.165) is 17.1 Å². The van der Waals surface area contributed by atoms with Gasteiger partial charge in [-0.1, -0.05) is 0 Å². The SMILES string of the molecule is COc1ccc(OC)c(Nc2ccc(F)cc2)c1. The van der Waals surface area contributed by atoms with Crippen molar-refractivity contribution in [2.75, 3.05) is 19.5 Å². The Bertz CT molecular complexity index is 526. The van der Waals surface area contributed by atoms with Crippen molar-refractivity contribution in [3.8, 4) is 11.5 Å². The van der Waals surface area contributed by atoms with E-state index in [1.54, 1.807) is 26.4 Å². The average molecular weight is 247 g/mol. The summed E-state index contributed by atoms with van der Waals surface area (Å²) in [6, 6.07) is 11.6. The molecule has 0 saturated carbocycles. The molecule has 94 valence electrons. The Kier molecular flexibility index (Phi) is 3.67. The maximum absolute atomic E-state index is 12.8. The highest BCUT2D eigenvalue weighted by Gasteiger charge is 2.05. The van der Waals surface area contributed by atoms with Gasteiger partial charge >= 0.3 is 0 Å². The molecule has 0 bridgehead atoms. The van der Waals surface area contributed by atoms with E-state index in [2.05, 4.69) is 5.32 Å². The van der Waals surface area contributed by atoms with Crippen molar-refractivity contribution in [2.24, 2.45) is 0 Å². The number of halogens is 1. The summed E-state index contributed by atoms with van der Waals surface area (Å²) >= 11 is 0. The molecule has 0 heterocycles. The Morgan fingerprint density at radius 3 is 2.28 bits per heavy atom. The van der Waals surface area contributed by atoms with Crippen LogP contribution < -0.4 is 14.8 Å². The van der Waals surface area contributed by atoms with Crippen molar-refractivity contribution in [3.05, 3.63) is 48.3 Å². The second-order valence-corrected chi connectivity index (χ2v) is 3.70. The first kappa shape index (κ1) is 12.2. The van der Waals surface area contributed by atoms with Crippen molar-refractivity contribution >= 4 is 11.4 Å². The van der Waals surface area contributed by atoms with Gasteiger partial charge in [0.15, 0.2) is 0 Å². The van der Waals surface area contributed by atoms with E-state index in [-0.39, 0.29) is 5.82 Å². The highest BCUT2D eigenvalue weighted by molar-refractivity contribution is 5.68. The minimum absolute atomic E-state index is 0.266. The highest BCUT2D eigenvalue weighted by atomic mass is 19.1. The van der Waals surface area contributed by atoms with Gasteiger partial charge < -0.3 is 14.8 Å². The van der Waals surface area contributed by atoms with Crippen LogP contribution in [0.1, 0.15) is 0 Å². The molecule has 2 aromatic carbocycles. The molecule has 2 rings (SSSR count). The largest absolute Gasteiger partial charge is 0.497 e. The Morgan fingerprint density at radius 2 is 1.67 bits per heavy atom. The van der Waals surface area contributed by atoms with Crippen LogP contribution in [0.4, 0.5) is 15.8 Å². The van der Waals surface area contributed by atoms with Crippen LogP contribution in [0.5, 0.6) is 11.5 Å². The Labute approximate surface area is 105 Å². The minimum Gasteiger partial charge on any atom is -0.497 e. The van der Waals surface area contributed by atoms with Gasteiger partial charge in [0.25, 0.3) is 0 Å². The quantitative estimate of drug-likeness (QED) is 0.895. The Morgan fingerprint density at radius 1 is 0.944 bits per heavy atom. The predicted octanol–water partition coefficient (Wildman–Crippen LogP) is 3.59. The van der Waals surface area contributed by atoms with Gasteiger partial charge in [-0.25, -0.2) is 4.39 Å². The molecule has 1 N–H and O–H groups in total. The van der Waals surface area contributed by atoms with Gasteiger partial charge in [-0.15, -0.1) is 0 Å². The summed E-state index contributed by atoms with van der Waals surface area (Å²) in [4.78, 5) is 0. The number of ether oxygens (including phenoxy) is 2. The number of methoxy groups -OCH3 is 2. The summed E-state index contributed by atoms with van der Waals surface area (Å²) in [5.74, 6) is 1.15. The lowest BCUT2D eigenvalue weighted by Crippen LogP contribution is -1.95. The van der Waals surface area contributed by atoms with Gasteiger partial charge in [0.1, 0.15) is 17.3 Å². The fourth-order valence-electron chi connectivity index (χ4n) is 1.60. The summed E-state index contributed by atoms with van der Waals surface area (Å²) in [7, 11) is 3.20. The maximum atomic E-state index is 12.8. The van der Waals surface area contributed by atoms with Crippen LogP contribution in [0.25, 0.3) is 0 Å². The van der Waals surface area contributed by atoms with Crippen LogP contribution >= 0.6 is 0 Å². The average Bonchev–Trinajstić information content (AvgIpc) is 2.41. The second kappa shape index (κ2) is 5.40. The summed E-state index contributed by atoms with van der Waals surface area (Å²) in [6.07, 6.45) is 0. The van der Waals surface area contributed by atoms with E-state index in [1.165, 1.54) is 12.1 Å². The number of hydrogen-bond donors (Lipinski definition) is 1. The van der Waals surface area contributed by atoms with Crippen molar-refractivity contribution in [3.63, 3.8) is 0 Å². The number of hydrogen-bond acceptors (Lipinski definition) is 3. The first-order valence-corrected chi connectivity index (χ1v) is 5.47. The summed E-state index contributed by atoms with van der Waals surface area (Å²) in [5, 5.41) is 3.15. The lowest BCUT2D eigenvalue weighted by molar-refractivity contribution is 0.405. The molecular weight excluding hydrogens is 233 g/mol. The van der Waals surface area contributed by atoms with Crippen LogP contribution in [0, 0.1) is 5.82 Å². The van der Waals surface area contributed by atoms with E-state index >= 15 is 0 Å². The third-order valence-electron chi connectivity index (χ3n) is 2.53. The van der Waals surface area contributed by atoms with Crippen LogP contribution in [-0.2, 0) is 0 Å². The van der Waals surface area contributed by atoms with Crippen LogP contribution in [-0.4, -0.2) is 14.2 Å². The zero-order chi connectivity index (χ0) is 13.0. The first-order chi connectivity index (χ1) is 8.72. The monoisotopic (exact) mass is 247 g/mol. The van der Waals surface area contributed by atoms with Gasteiger partial charge in [-0.05, 0) is 36.4 Å². The second-order valence-electron chi connectivity index (χ2n) is 3.70. The molecule has 0 amide bonds. The molecule has 0 aliphatic rings. The standard InChI is InChI=1S/C14H14FNO2/c1-17-12-7-8-14(18-2)13(9-12)16-11-5-3-10(15)4-6-11/h3-9,16H,1-2H3. The molecule has 3 nitrogen and oxygen atoms in total. The lowest BCUT2D eigenvalue weighted by atomic mass is 10.2. The molecule has 2 aromatic rings. The highest BCUT2D eigenvalue weighted by Crippen LogP contribution is 2.31. The third kappa shape index (κ3) is 2.71. The molecule has 0 aliphatic carbocycles. The summed E-state index contributed by atoms with van der Waals surface area (Å²) < 4.78 is 23.2. The van der Waals surface area contributed by atoms with Crippen molar-refractivity contribution in [1.29, 1.82) is 0 Å². The molecule has 0 unspecified atom stereocenters. The van der Waals surface area contributed by atoms with Gasteiger partial charge in [0, 0.05) is 11.8 Å². The van der Waals surface area contributed by atoms with Crippen molar-refractivity contribution < 1.29 is 13.9 Å². The van der Waals surface area contributed by atoms with E-state index in [1.807, 2.05) is 18.2 Å². The maximum Gasteiger partial charge on any atom is 0.142 e. The number of nitrogens with one attached hydrogen (secondary N) is 1. The fourth-order valence-corrected chi connectivity index (χ4v) is 1.60. The topological polar surface area (TPSA) is 30.5 Å². The zero-order valence-corrected chi connectivity index (χ0v) is 10.2. The molecule has 0 fully saturated rings. The third-order valence-corrected chi connectivity index (χ3v) is 2.53. The molecule has 0 spiro atoms. The molecule has 0 atom stereocenters. The van der Waals surface area contributed by atoms with Crippen LogP contribution in [0.15, 0.2) is 42.5 Å². The van der Waals surface area contributed by atoms with Crippen LogP contribution in [0.2, 0.25) is 0 Å². The Balaban J connectivity index is 2.29. The lowest BCUT2D eigenvalue weighted by Gasteiger charge is -2.12. The first-order valence-electron chi connectivity index (χ1n) is 5.47. The number of benzene rings is 2. The summed E-state index contributed by atoms with van der Waals surface area (Å²) in [5.41, 5.74) is 1.55. The van der Waals surface area contributed by atoms with E-state index in [4.69, 9.17) is 9.47 Å². The number of rotatable bonds is 4. The van der Waals surface area contributed by atoms with Gasteiger partial charge in [-0.2, -0.15) is 0 Å². The van der Waals surface area contributed by atoms with Crippen molar-refractivity contribution in [2.45, 2.75) is 0 Å². The molecular formula is C14H14FNO2. The molecule has 0 aliphatic heterocycles. The smallest absolute Gasteiger partial charge is 0.142 e. The summed E-state index contributed by atoms with van der Waals surface area (Å²) in [6.45, 7) is 0. The van der Waals surface area contributed by atoms with Gasteiger partial charge in [0.2, 0.25) is 0 Å². The van der Waals surface area contributed by atoms with Crippen LogP contribution in [0.3, 0.4) is 0 Å². The molecule has 0 saturated heterocycles. The fraction of sp³-hybridized carbons (Fsp3) is 0.143. The predicted molar refractivity (Wildman–Crippen MR) is 69.2 cm³/mol. The Hall–Kier alpha value is -2.23. The zero-order valence-electron chi connectivity index (χ0n) is 10.2. The molecule has 4 heteroatoms. The van der Waals surface area contributed by atoms with Gasteiger partial charge in [0.05, 0.1) is 19.9 Å². The molecule has 0 radical (unpaired) electrons. The van der Waals surface area contributed by atoms with E-state index in [9.17, 15) is 4.39 Å².